The second-order valence-corrected chi connectivity index (χ2v) is 9.37. The van der Waals surface area contributed by atoms with Gasteiger partial charge in [0, 0.05) is 23.4 Å². The first-order chi connectivity index (χ1) is 16.4. The minimum atomic E-state index is -0.345. The van der Waals surface area contributed by atoms with Crippen LogP contribution in [0.5, 0.6) is 5.75 Å². The molecule has 192 valence electrons. The minimum Gasteiger partial charge on any atom is -0.507 e. The van der Waals surface area contributed by atoms with Gasteiger partial charge in [-0.25, -0.2) is 0 Å². The van der Waals surface area contributed by atoms with Crippen molar-refractivity contribution in [1.82, 2.24) is 0 Å². The Morgan fingerprint density at radius 2 is 1.62 bits per heavy atom. The average molecular weight is 476 g/mol. The molecular formula is C27H45N3O4. The van der Waals surface area contributed by atoms with Crippen LogP contribution in [0.2, 0.25) is 0 Å². The van der Waals surface area contributed by atoms with Crippen molar-refractivity contribution in [2.45, 2.75) is 84.5 Å². The summed E-state index contributed by atoms with van der Waals surface area (Å²) < 4.78 is 0. The highest BCUT2D eigenvalue weighted by molar-refractivity contribution is 6.02. The molecule has 0 bridgehead atoms. The lowest BCUT2D eigenvalue weighted by molar-refractivity contribution is -0.120. The van der Waals surface area contributed by atoms with Crippen molar-refractivity contribution in [2.24, 2.45) is 29.2 Å². The molecule has 0 aromatic heterocycles. The number of hydrogen-bond acceptors (Lipinski definition) is 6. The summed E-state index contributed by atoms with van der Waals surface area (Å²) in [7, 11) is 0. The molecule has 1 aromatic carbocycles. The number of carbonyl (C=O) groups excluding carboxylic acids is 3. The molecule has 0 aliphatic carbocycles. The van der Waals surface area contributed by atoms with E-state index in [-0.39, 0.29) is 40.8 Å². The van der Waals surface area contributed by atoms with Crippen LogP contribution >= 0.6 is 0 Å². The second-order valence-electron chi connectivity index (χ2n) is 9.37. The topological polar surface area (TPSA) is 136 Å². The van der Waals surface area contributed by atoms with E-state index in [9.17, 15) is 19.5 Å². The molecule has 7 nitrogen and oxygen atoms in total. The lowest BCUT2D eigenvalue weighted by Gasteiger charge is -2.18. The quantitative estimate of drug-likeness (QED) is 0.0981. The third kappa shape index (κ3) is 10.8. The molecule has 6 N–H and O–H groups in total. The number of phenols is 1. The first-order valence-electron chi connectivity index (χ1n) is 12.9. The van der Waals surface area contributed by atoms with Gasteiger partial charge in [0.25, 0.3) is 0 Å². The minimum absolute atomic E-state index is 0.0612. The summed E-state index contributed by atoms with van der Waals surface area (Å²) in [6.07, 6.45) is 10.1. The summed E-state index contributed by atoms with van der Waals surface area (Å²) in [5, 5.41) is 13.2. The molecule has 3 atom stereocenters. The van der Waals surface area contributed by atoms with E-state index in [1.54, 1.807) is 12.1 Å². The molecule has 0 saturated carbocycles. The summed E-state index contributed by atoms with van der Waals surface area (Å²) in [6, 6.07) is 4.62. The van der Waals surface area contributed by atoms with Crippen LogP contribution in [-0.2, 0) is 9.59 Å². The number of anilines is 1. The molecule has 1 rings (SSSR count). The van der Waals surface area contributed by atoms with E-state index in [1.807, 2.05) is 6.92 Å². The third-order valence-corrected chi connectivity index (χ3v) is 6.45. The normalized spacial score (nSPS) is 13.8. The Kier molecular flexibility index (Phi) is 15.1. The lowest BCUT2D eigenvalue weighted by atomic mass is 9.89. The molecular weight excluding hydrogens is 430 g/mol. The molecule has 34 heavy (non-hydrogen) atoms. The number of amides is 1. The maximum absolute atomic E-state index is 13.0. The van der Waals surface area contributed by atoms with Crippen molar-refractivity contribution in [3.63, 3.8) is 0 Å². The fourth-order valence-corrected chi connectivity index (χ4v) is 4.14. The fraction of sp³-hybridized carbons (Fsp3) is 0.667. The Balaban J connectivity index is 2.80. The van der Waals surface area contributed by atoms with Gasteiger partial charge in [0.1, 0.15) is 12.0 Å². The molecule has 0 fully saturated rings. The molecule has 0 aliphatic rings. The highest BCUT2D eigenvalue weighted by Crippen LogP contribution is 2.28. The largest absolute Gasteiger partial charge is 0.507 e. The van der Waals surface area contributed by atoms with E-state index in [0.717, 1.165) is 64.1 Å². The van der Waals surface area contributed by atoms with Crippen molar-refractivity contribution in [3.05, 3.63) is 23.8 Å². The van der Waals surface area contributed by atoms with E-state index in [0.29, 0.717) is 31.6 Å². The number of rotatable bonds is 19. The van der Waals surface area contributed by atoms with Gasteiger partial charge in [0.05, 0.1) is 5.56 Å². The predicted molar refractivity (Wildman–Crippen MR) is 138 cm³/mol. The number of hydrogen-bond donors (Lipinski definition) is 4. The Labute approximate surface area is 205 Å². The van der Waals surface area contributed by atoms with Crippen molar-refractivity contribution >= 4 is 23.7 Å². The molecule has 7 heteroatoms. The van der Waals surface area contributed by atoms with E-state index >= 15 is 0 Å². The monoisotopic (exact) mass is 475 g/mol. The number of benzene rings is 1. The second kappa shape index (κ2) is 17.2. The molecule has 0 unspecified atom stereocenters. The van der Waals surface area contributed by atoms with Gasteiger partial charge in [0.15, 0.2) is 5.78 Å². The van der Waals surface area contributed by atoms with E-state index in [1.165, 1.54) is 6.07 Å². The average Bonchev–Trinajstić information content (AvgIpc) is 2.83. The zero-order chi connectivity index (χ0) is 25.3. The zero-order valence-electron chi connectivity index (χ0n) is 21.1. The van der Waals surface area contributed by atoms with Gasteiger partial charge < -0.3 is 26.7 Å². The van der Waals surface area contributed by atoms with Crippen LogP contribution in [-0.4, -0.2) is 36.2 Å². The molecule has 0 heterocycles. The van der Waals surface area contributed by atoms with Crippen LogP contribution in [0.4, 0.5) is 5.69 Å². The number of nitrogens with two attached hydrogens (primary N) is 2. The van der Waals surface area contributed by atoms with Gasteiger partial charge in [-0.2, -0.15) is 0 Å². The van der Waals surface area contributed by atoms with Gasteiger partial charge in [0.2, 0.25) is 5.91 Å². The number of nitrogens with one attached hydrogen (secondary N) is 1. The number of phenolic OH excluding ortho intramolecular Hbond substituents is 1. The van der Waals surface area contributed by atoms with Crippen LogP contribution in [0.1, 0.15) is 94.8 Å². The highest BCUT2D eigenvalue weighted by Gasteiger charge is 2.22. The molecule has 0 radical (unpaired) electrons. The fourth-order valence-electron chi connectivity index (χ4n) is 4.14. The van der Waals surface area contributed by atoms with Crippen molar-refractivity contribution in [3.8, 4) is 5.75 Å². The van der Waals surface area contributed by atoms with Gasteiger partial charge in [-0.15, -0.1) is 0 Å². The smallest absolute Gasteiger partial charge is 0.227 e. The summed E-state index contributed by atoms with van der Waals surface area (Å²) in [6.45, 7) is 5.14. The van der Waals surface area contributed by atoms with E-state index < -0.39 is 0 Å². The molecule has 0 spiro atoms. The van der Waals surface area contributed by atoms with E-state index in [4.69, 9.17) is 11.5 Å². The Hall–Kier alpha value is -2.25. The third-order valence-electron chi connectivity index (χ3n) is 6.45. The number of ketones is 1. The highest BCUT2D eigenvalue weighted by atomic mass is 16.3. The first-order valence-corrected chi connectivity index (χ1v) is 12.9. The maximum atomic E-state index is 13.0. The summed E-state index contributed by atoms with van der Waals surface area (Å²) in [5.41, 5.74) is 11.8. The Morgan fingerprint density at radius 1 is 0.971 bits per heavy atom. The van der Waals surface area contributed by atoms with Crippen molar-refractivity contribution in [1.29, 1.82) is 0 Å². The van der Waals surface area contributed by atoms with Gasteiger partial charge in [-0.1, -0.05) is 39.5 Å². The number of unbranched alkanes of at least 4 members (excludes halogenated alkanes) is 3. The molecule has 1 amide bonds. The summed E-state index contributed by atoms with van der Waals surface area (Å²) >= 11 is 0. The lowest BCUT2D eigenvalue weighted by Crippen LogP contribution is -2.23. The number of aldehydes is 1. The molecule has 0 aliphatic heterocycles. The molecule has 0 saturated heterocycles. The Morgan fingerprint density at radius 3 is 2.24 bits per heavy atom. The zero-order valence-corrected chi connectivity index (χ0v) is 21.1. The van der Waals surface area contributed by atoms with Crippen LogP contribution in [0.15, 0.2) is 18.2 Å². The SMILES string of the molecule is CCCC[C@@H](CCCCN)C(=O)Nc1ccc(O)c(C(=O)[C@H](C)CC[C@H](C=O)CCCCN)c1. The predicted octanol–water partition coefficient (Wildman–Crippen LogP) is 4.81. The summed E-state index contributed by atoms with van der Waals surface area (Å²) in [4.78, 5) is 37.3. The maximum Gasteiger partial charge on any atom is 0.227 e. The summed E-state index contributed by atoms with van der Waals surface area (Å²) in [5.74, 6) is -0.879. The van der Waals surface area contributed by atoms with Crippen LogP contribution in [0, 0.1) is 17.8 Å². The van der Waals surface area contributed by atoms with Gasteiger partial charge >= 0.3 is 0 Å². The first kappa shape index (κ1) is 29.8. The van der Waals surface area contributed by atoms with Gasteiger partial charge in [-0.3, -0.25) is 9.59 Å². The van der Waals surface area contributed by atoms with Crippen molar-refractivity contribution < 1.29 is 19.5 Å². The van der Waals surface area contributed by atoms with Crippen molar-refractivity contribution in [2.75, 3.05) is 18.4 Å². The Bertz CT molecular complexity index is 753. The van der Waals surface area contributed by atoms with E-state index in [2.05, 4.69) is 12.2 Å². The number of Topliss-reactive ketones (excluding diaryl/α,β-unsaturated/α-hetero) is 1. The van der Waals surface area contributed by atoms with Crippen LogP contribution in [0.3, 0.4) is 0 Å². The standard InChI is InChI=1S/C27H45N3O4/c1-3-4-10-22(11-6-8-17-29)27(34)30-23-14-15-25(32)24(18-23)26(33)20(2)12-13-21(19-31)9-5-7-16-28/h14-15,18-22,32H,3-13,16-17,28-29H2,1-2H3,(H,30,34)/t20-,21-,22+/m1/s1. The number of aromatic hydroxyl groups is 1. The van der Waals surface area contributed by atoms with Crippen LogP contribution < -0.4 is 16.8 Å². The number of carbonyl (C=O) groups is 3. The molecule has 1 aromatic rings. The van der Waals surface area contributed by atoms with Gasteiger partial charge in [-0.05, 0) is 76.2 Å². The van der Waals surface area contributed by atoms with Crippen LogP contribution in [0.25, 0.3) is 0 Å².